The Morgan fingerprint density at radius 2 is 1.71 bits per heavy atom. The summed E-state index contributed by atoms with van der Waals surface area (Å²) >= 11 is 0. The number of aliphatic hydroxyl groups excluding tert-OH is 1. The molecule has 1 heterocycles. The molecule has 4 rings (SSSR count). The van der Waals surface area contributed by atoms with Crippen LogP contribution in [0, 0.1) is 5.41 Å². The standard InChI is InChI=1S/C34H41N3O4/c1-33(2,3)22-23-35-37-32(39)34(21-10-14-26-12-6-4-7-13-26)30(27-15-8-5-9-16-27)41-31(36-34)28-17-19-29(20-18-28)40-25-11-24-38/h4-10,12-20,30,35,38H,11,21-25H2,1-3H3,(H,37,39)/b14-10+/t30-,34-/m0/s1. The smallest absolute Gasteiger partial charge is 0.266 e. The molecule has 3 aromatic rings. The molecule has 216 valence electrons. The van der Waals surface area contributed by atoms with Crippen molar-refractivity contribution in [2.75, 3.05) is 19.8 Å². The Balaban J connectivity index is 1.67. The van der Waals surface area contributed by atoms with Crippen molar-refractivity contribution in [2.24, 2.45) is 10.4 Å². The molecule has 0 spiro atoms. The average molecular weight is 556 g/mol. The van der Waals surface area contributed by atoms with E-state index in [9.17, 15) is 4.79 Å². The van der Waals surface area contributed by atoms with Crippen LogP contribution < -0.4 is 15.6 Å². The number of ether oxygens (including phenoxy) is 2. The predicted molar refractivity (Wildman–Crippen MR) is 163 cm³/mol. The van der Waals surface area contributed by atoms with Gasteiger partial charge in [-0.1, -0.05) is 93.6 Å². The van der Waals surface area contributed by atoms with Crippen molar-refractivity contribution in [1.82, 2.24) is 10.9 Å². The lowest BCUT2D eigenvalue weighted by Crippen LogP contribution is -2.52. The molecule has 0 radical (unpaired) electrons. The van der Waals surface area contributed by atoms with Crippen molar-refractivity contribution >= 4 is 17.9 Å². The van der Waals surface area contributed by atoms with E-state index in [0.717, 1.165) is 23.1 Å². The molecule has 7 nitrogen and oxygen atoms in total. The maximum absolute atomic E-state index is 14.1. The number of hydrazine groups is 1. The number of aliphatic imine (C=N–C) groups is 1. The van der Waals surface area contributed by atoms with Crippen molar-refractivity contribution in [3.05, 3.63) is 108 Å². The third kappa shape index (κ3) is 8.28. The third-order valence-corrected chi connectivity index (χ3v) is 6.87. The highest BCUT2D eigenvalue weighted by molar-refractivity contribution is 6.01. The number of amides is 1. The van der Waals surface area contributed by atoms with E-state index in [2.05, 4.69) is 31.6 Å². The van der Waals surface area contributed by atoms with Crippen LogP contribution in [0.4, 0.5) is 0 Å². The molecular weight excluding hydrogens is 514 g/mol. The first kappa shape index (κ1) is 30.0. The van der Waals surface area contributed by atoms with Crippen LogP contribution in [0.15, 0.2) is 96.0 Å². The van der Waals surface area contributed by atoms with E-state index in [4.69, 9.17) is 19.6 Å². The van der Waals surface area contributed by atoms with Gasteiger partial charge in [0.1, 0.15) is 5.75 Å². The van der Waals surface area contributed by atoms with Gasteiger partial charge in [0.25, 0.3) is 5.91 Å². The summed E-state index contributed by atoms with van der Waals surface area (Å²) in [6.45, 7) is 7.66. The van der Waals surface area contributed by atoms with Gasteiger partial charge in [-0.2, -0.15) is 0 Å². The normalized spacial score (nSPS) is 18.6. The van der Waals surface area contributed by atoms with Crippen molar-refractivity contribution in [1.29, 1.82) is 0 Å². The van der Waals surface area contributed by atoms with E-state index in [1.807, 2.05) is 97.1 Å². The second-order valence-corrected chi connectivity index (χ2v) is 11.4. The average Bonchev–Trinajstić information content (AvgIpc) is 3.37. The number of benzene rings is 3. The van der Waals surface area contributed by atoms with E-state index in [-0.39, 0.29) is 17.9 Å². The van der Waals surface area contributed by atoms with Gasteiger partial charge in [-0.25, -0.2) is 10.4 Å². The molecule has 1 amide bonds. The summed E-state index contributed by atoms with van der Waals surface area (Å²) in [7, 11) is 0. The van der Waals surface area contributed by atoms with Gasteiger partial charge in [0.2, 0.25) is 5.90 Å². The molecule has 7 heteroatoms. The van der Waals surface area contributed by atoms with Gasteiger partial charge < -0.3 is 14.6 Å². The van der Waals surface area contributed by atoms with Gasteiger partial charge in [-0.3, -0.25) is 10.2 Å². The topological polar surface area (TPSA) is 92.2 Å². The Labute approximate surface area is 243 Å². The number of hydrogen-bond donors (Lipinski definition) is 3. The second-order valence-electron chi connectivity index (χ2n) is 11.4. The molecule has 0 saturated carbocycles. The molecular formula is C34H41N3O4. The summed E-state index contributed by atoms with van der Waals surface area (Å²) < 4.78 is 12.2. The number of carbonyl (C=O) groups excluding carboxylic acids is 1. The molecule has 3 N–H and O–H groups in total. The van der Waals surface area contributed by atoms with Crippen LogP contribution in [0.3, 0.4) is 0 Å². The summed E-state index contributed by atoms with van der Waals surface area (Å²) in [5.41, 5.74) is 7.63. The number of aliphatic hydroxyl groups is 1. The second kappa shape index (κ2) is 14.1. The molecule has 2 atom stereocenters. The van der Waals surface area contributed by atoms with Crippen molar-refractivity contribution < 1.29 is 19.4 Å². The summed E-state index contributed by atoms with van der Waals surface area (Å²) in [6.07, 6.45) is 5.16. The summed E-state index contributed by atoms with van der Waals surface area (Å²) in [4.78, 5) is 19.1. The molecule has 0 bridgehead atoms. The van der Waals surface area contributed by atoms with E-state index < -0.39 is 11.6 Å². The highest BCUT2D eigenvalue weighted by Gasteiger charge is 2.52. The van der Waals surface area contributed by atoms with Crippen LogP contribution >= 0.6 is 0 Å². The van der Waals surface area contributed by atoms with Gasteiger partial charge in [0.05, 0.1) is 6.61 Å². The van der Waals surface area contributed by atoms with Crippen LogP contribution in [0.25, 0.3) is 6.08 Å². The van der Waals surface area contributed by atoms with Crippen LogP contribution in [0.2, 0.25) is 0 Å². The summed E-state index contributed by atoms with van der Waals surface area (Å²) in [5.74, 6) is 0.842. The fraction of sp³-hybridized carbons (Fsp3) is 0.353. The van der Waals surface area contributed by atoms with Gasteiger partial charge in [-0.05, 0) is 47.2 Å². The van der Waals surface area contributed by atoms with Gasteiger partial charge in [0, 0.05) is 31.6 Å². The van der Waals surface area contributed by atoms with Crippen molar-refractivity contribution in [3.8, 4) is 5.75 Å². The zero-order valence-electron chi connectivity index (χ0n) is 24.2. The minimum absolute atomic E-state index is 0.0809. The zero-order valence-corrected chi connectivity index (χ0v) is 24.2. The molecule has 41 heavy (non-hydrogen) atoms. The Morgan fingerprint density at radius 3 is 2.37 bits per heavy atom. The van der Waals surface area contributed by atoms with E-state index in [1.165, 1.54) is 0 Å². The Bertz CT molecular complexity index is 1300. The highest BCUT2D eigenvalue weighted by atomic mass is 16.5. The number of carbonyl (C=O) groups is 1. The van der Waals surface area contributed by atoms with E-state index in [1.54, 1.807) is 0 Å². The zero-order chi connectivity index (χ0) is 29.1. The number of nitrogens with one attached hydrogen (secondary N) is 2. The largest absolute Gasteiger partial charge is 0.494 e. The lowest BCUT2D eigenvalue weighted by atomic mass is 9.84. The van der Waals surface area contributed by atoms with Crippen molar-refractivity contribution in [2.45, 2.75) is 51.7 Å². The summed E-state index contributed by atoms with van der Waals surface area (Å²) in [5, 5.41) is 9.02. The molecule has 0 aromatic heterocycles. The molecule has 0 aliphatic carbocycles. The quantitative estimate of drug-likeness (QED) is 0.181. The fourth-order valence-corrected chi connectivity index (χ4v) is 4.57. The third-order valence-electron chi connectivity index (χ3n) is 6.87. The molecule has 1 aliphatic rings. The fourth-order valence-electron chi connectivity index (χ4n) is 4.57. The predicted octanol–water partition coefficient (Wildman–Crippen LogP) is 5.87. The molecule has 3 aromatic carbocycles. The Hall–Kier alpha value is -3.94. The first-order valence-corrected chi connectivity index (χ1v) is 14.2. The first-order valence-electron chi connectivity index (χ1n) is 14.2. The van der Waals surface area contributed by atoms with Gasteiger partial charge >= 0.3 is 0 Å². The van der Waals surface area contributed by atoms with Crippen LogP contribution in [0.1, 0.15) is 62.8 Å². The number of rotatable bonds is 13. The van der Waals surface area contributed by atoms with E-state index >= 15 is 0 Å². The van der Waals surface area contributed by atoms with Crippen molar-refractivity contribution in [3.63, 3.8) is 0 Å². The first-order chi connectivity index (χ1) is 19.8. The highest BCUT2D eigenvalue weighted by Crippen LogP contribution is 2.42. The van der Waals surface area contributed by atoms with Gasteiger partial charge in [0.15, 0.2) is 11.6 Å². The lowest BCUT2D eigenvalue weighted by Gasteiger charge is -2.30. The lowest BCUT2D eigenvalue weighted by molar-refractivity contribution is -0.129. The van der Waals surface area contributed by atoms with E-state index in [0.29, 0.717) is 37.6 Å². The number of nitrogens with zero attached hydrogens (tertiary/aromatic N) is 1. The van der Waals surface area contributed by atoms with Crippen LogP contribution in [-0.2, 0) is 9.53 Å². The number of hydrogen-bond acceptors (Lipinski definition) is 6. The van der Waals surface area contributed by atoms with Crippen LogP contribution in [-0.4, -0.2) is 42.2 Å². The Morgan fingerprint density at radius 1 is 1.02 bits per heavy atom. The monoisotopic (exact) mass is 555 g/mol. The molecule has 1 aliphatic heterocycles. The maximum atomic E-state index is 14.1. The molecule has 0 fully saturated rings. The minimum Gasteiger partial charge on any atom is -0.494 e. The van der Waals surface area contributed by atoms with Gasteiger partial charge in [-0.15, -0.1) is 0 Å². The van der Waals surface area contributed by atoms with Crippen LogP contribution in [0.5, 0.6) is 5.75 Å². The minimum atomic E-state index is -1.24. The molecule has 0 unspecified atom stereocenters. The Kier molecular flexibility index (Phi) is 10.3. The molecule has 0 saturated heterocycles. The maximum Gasteiger partial charge on any atom is 0.266 e. The summed E-state index contributed by atoms with van der Waals surface area (Å²) in [6, 6.07) is 27.2. The SMILES string of the molecule is CC(C)(C)CCNNC(=O)[C@@]1(C/C=C/c2ccccc2)N=C(c2ccc(OCCCO)cc2)O[C@H]1c1ccccc1.